The molecule has 2 nitrogen and oxygen atoms in total. The summed E-state index contributed by atoms with van der Waals surface area (Å²) in [4.78, 5) is 12.4. The molecule has 0 heterocycles. The third-order valence-electron chi connectivity index (χ3n) is 2.86. The molecule has 0 bridgehead atoms. The van der Waals surface area contributed by atoms with Gasteiger partial charge in [-0.2, -0.15) is 0 Å². The maximum Gasteiger partial charge on any atom is 0.195 e. The van der Waals surface area contributed by atoms with Crippen LogP contribution in [0.2, 0.25) is 0 Å². The van der Waals surface area contributed by atoms with E-state index < -0.39 is 0 Å². The molecule has 0 fully saturated rings. The molecule has 0 aliphatic rings. The first-order valence-corrected chi connectivity index (χ1v) is 6.59. The minimum Gasteiger partial charge on any atom is -0.398 e. The highest BCUT2D eigenvalue weighted by molar-refractivity contribution is 9.10. The van der Waals surface area contributed by atoms with Gasteiger partial charge in [0.25, 0.3) is 0 Å². The highest BCUT2D eigenvalue weighted by Crippen LogP contribution is 2.21. The summed E-state index contributed by atoms with van der Waals surface area (Å²) in [6.07, 6.45) is 0.914. The van der Waals surface area contributed by atoms with E-state index in [9.17, 15) is 4.79 Å². The van der Waals surface area contributed by atoms with Gasteiger partial charge in [-0.3, -0.25) is 4.79 Å². The Bertz CT molecular complexity index is 593. The second-order valence-electron chi connectivity index (χ2n) is 4.11. The summed E-state index contributed by atoms with van der Waals surface area (Å²) in [6.45, 7) is 2.07. The van der Waals surface area contributed by atoms with Gasteiger partial charge in [0.15, 0.2) is 5.78 Å². The molecule has 0 saturated carbocycles. The number of carbonyl (C=O) groups excluding carboxylic acids is 1. The third-order valence-corrected chi connectivity index (χ3v) is 3.35. The predicted molar refractivity (Wildman–Crippen MR) is 77.8 cm³/mol. The minimum absolute atomic E-state index is 0.0321. The van der Waals surface area contributed by atoms with Crippen LogP contribution < -0.4 is 5.73 Å². The number of aryl methyl sites for hydroxylation is 1. The molecule has 0 radical (unpaired) electrons. The van der Waals surface area contributed by atoms with Crippen LogP contribution in [0.15, 0.2) is 46.9 Å². The first kappa shape index (κ1) is 12.8. The molecular formula is C15H14BrNO. The maximum atomic E-state index is 12.4. The van der Waals surface area contributed by atoms with Crippen LogP contribution >= 0.6 is 15.9 Å². The van der Waals surface area contributed by atoms with E-state index in [1.165, 1.54) is 0 Å². The summed E-state index contributed by atoms with van der Waals surface area (Å²) in [6, 6.07) is 13.0. The van der Waals surface area contributed by atoms with E-state index in [0.29, 0.717) is 16.8 Å². The van der Waals surface area contributed by atoms with Crippen molar-refractivity contribution in [2.75, 3.05) is 5.73 Å². The SMILES string of the molecule is CCc1cccc(C(=O)c2ccc(Br)cc2N)c1. The molecule has 0 spiro atoms. The second kappa shape index (κ2) is 5.36. The number of hydrogen-bond acceptors (Lipinski definition) is 2. The molecule has 0 atom stereocenters. The highest BCUT2D eigenvalue weighted by atomic mass is 79.9. The van der Waals surface area contributed by atoms with Crippen molar-refractivity contribution >= 4 is 27.4 Å². The number of rotatable bonds is 3. The average Bonchev–Trinajstić information content (AvgIpc) is 2.38. The fraction of sp³-hybridized carbons (Fsp3) is 0.133. The molecule has 92 valence electrons. The zero-order valence-electron chi connectivity index (χ0n) is 10.1. The molecule has 2 aromatic carbocycles. The summed E-state index contributed by atoms with van der Waals surface area (Å²) in [5.41, 5.74) is 8.76. The van der Waals surface area contributed by atoms with E-state index in [-0.39, 0.29) is 5.78 Å². The van der Waals surface area contributed by atoms with Crippen molar-refractivity contribution in [1.82, 2.24) is 0 Å². The second-order valence-corrected chi connectivity index (χ2v) is 5.03. The van der Waals surface area contributed by atoms with Gasteiger partial charge in [0.1, 0.15) is 0 Å². The fourth-order valence-electron chi connectivity index (χ4n) is 1.83. The van der Waals surface area contributed by atoms with Crippen molar-refractivity contribution in [2.24, 2.45) is 0 Å². The van der Waals surface area contributed by atoms with E-state index in [1.54, 1.807) is 12.1 Å². The number of benzene rings is 2. The summed E-state index contributed by atoms with van der Waals surface area (Å²) in [5, 5.41) is 0. The van der Waals surface area contributed by atoms with Gasteiger partial charge in [0.2, 0.25) is 0 Å². The first-order chi connectivity index (χ1) is 8.61. The zero-order chi connectivity index (χ0) is 13.1. The van der Waals surface area contributed by atoms with Crippen LogP contribution in [-0.4, -0.2) is 5.78 Å². The number of hydrogen-bond donors (Lipinski definition) is 1. The van der Waals surface area contributed by atoms with Crippen LogP contribution in [-0.2, 0) is 6.42 Å². The van der Waals surface area contributed by atoms with Crippen LogP contribution in [0.1, 0.15) is 28.4 Å². The molecular weight excluding hydrogens is 290 g/mol. The van der Waals surface area contributed by atoms with Crippen molar-refractivity contribution in [2.45, 2.75) is 13.3 Å². The van der Waals surface area contributed by atoms with Gasteiger partial charge in [-0.25, -0.2) is 0 Å². The lowest BCUT2D eigenvalue weighted by atomic mass is 9.99. The Kier molecular flexibility index (Phi) is 3.82. The molecule has 0 aliphatic carbocycles. The van der Waals surface area contributed by atoms with E-state index in [1.807, 2.05) is 30.3 Å². The Hall–Kier alpha value is -1.61. The standard InChI is InChI=1S/C15H14BrNO/c1-2-10-4-3-5-11(8-10)15(18)13-7-6-12(16)9-14(13)17/h3-9H,2,17H2,1H3. The lowest BCUT2D eigenvalue weighted by Gasteiger charge is -2.06. The maximum absolute atomic E-state index is 12.4. The van der Waals surface area contributed by atoms with Crippen molar-refractivity contribution in [3.63, 3.8) is 0 Å². The highest BCUT2D eigenvalue weighted by Gasteiger charge is 2.12. The molecule has 2 rings (SSSR count). The first-order valence-electron chi connectivity index (χ1n) is 5.80. The minimum atomic E-state index is -0.0321. The topological polar surface area (TPSA) is 43.1 Å². The summed E-state index contributed by atoms with van der Waals surface area (Å²) >= 11 is 3.33. The number of carbonyl (C=O) groups is 1. The van der Waals surface area contributed by atoms with Crippen molar-refractivity contribution < 1.29 is 4.79 Å². The lowest BCUT2D eigenvalue weighted by molar-refractivity contribution is 0.103. The van der Waals surface area contributed by atoms with Gasteiger partial charge in [-0.15, -0.1) is 0 Å². The predicted octanol–water partition coefficient (Wildman–Crippen LogP) is 3.82. The van der Waals surface area contributed by atoms with Crippen LogP contribution in [0.3, 0.4) is 0 Å². The van der Waals surface area contributed by atoms with E-state index in [2.05, 4.69) is 22.9 Å². The number of anilines is 1. The van der Waals surface area contributed by atoms with Crippen molar-refractivity contribution in [3.05, 3.63) is 63.6 Å². The van der Waals surface area contributed by atoms with E-state index >= 15 is 0 Å². The van der Waals surface area contributed by atoms with Gasteiger partial charge in [-0.1, -0.05) is 41.1 Å². The monoisotopic (exact) mass is 303 g/mol. The third kappa shape index (κ3) is 2.62. The molecule has 0 aromatic heterocycles. The summed E-state index contributed by atoms with van der Waals surface area (Å²) < 4.78 is 0.874. The molecule has 0 aliphatic heterocycles. The van der Waals surface area contributed by atoms with Gasteiger partial charge >= 0.3 is 0 Å². The average molecular weight is 304 g/mol. The Morgan fingerprint density at radius 3 is 2.67 bits per heavy atom. The van der Waals surface area contributed by atoms with Crippen LogP contribution in [0.5, 0.6) is 0 Å². The number of ketones is 1. The number of nitrogens with two attached hydrogens (primary N) is 1. The van der Waals surface area contributed by atoms with Crippen LogP contribution in [0.4, 0.5) is 5.69 Å². The molecule has 0 unspecified atom stereocenters. The summed E-state index contributed by atoms with van der Waals surface area (Å²) in [7, 11) is 0. The van der Waals surface area contributed by atoms with E-state index in [0.717, 1.165) is 16.5 Å². The largest absolute Gasteiger partial charge is 0.398 e. The van der Waals surface area contributed by atoms with Crippen LogP contribution in [0, 0.1) is 0 Å². The Morgan fingerprint density at radius 2 is 2.00 bits per heavy atom. The number of nitrogen functional groups attached to an aromatic ring is 1. The van der Waals surface area contributed by atoms with Gasteiger partial charge < -0.3 is 5.73 Å². The van der Waals surface area contributed by atoms with Gasteiger partial charge in [0, 0.05) is 21.3 Å². The van der Waals surface area contributed by atoms with Crippen LogP contribution in [0.25, 0.3) is 0 Å². The Labute approximate surface area is 115 Å². The van der Waals surface area contributed by atoms with Gasteiger partial charge in [0.05, 0.1) is 0 Å². The Morgan fingerprint density at radius 1 is 1.22 bits per heavy atom. The van der Waals surface area contributed by atoms with E-state index in [4.69, 9.17) is 5.73 Å². The van der Waals surface area contributed by atoms with Gasteiger partial charge in [-0.05, 0) is 36.2 Å². The Balaban J connectivity index is 2.41. The quantitative estimate of drug-likeness (QED) is 0.692. The molecule has 0 saturated heterocycles. The lowest BCUT2D eigenvalue weighted by Crippen LogP contribution is -2.05. The smallest absolute Gasteiger partial charge is 0.195 e. The normalized spacial score (nSPS) is 10.3. The molecule has 18 heavy (non-hydrogen) atoms. The molecule has 0 amide bonds. The van der Waals surface area contributed by atoms with Crippen molar-refractivity contribution in [1.29, 1.82) is 0 Å². The summed E-state index contributed by atoms with van der Waals surface area (Å²) in [5.74, 6) is -0.0321. The molecule has 2 N–H and O–H groups in total. The number of halogens is 1. The zero-order valence-corrected chi connectivity index (χ0v) is 11.7. The molecule has 2 aromatic rings. The van der Waals surface area contributed by atoms with Crippen molar-refractivity contribution in [3.8, 4) is 0 Å². The molecule has 3 heteroatoms. The fourth-order valence-corrected chi connectivity index (χ4v) is 2.21.